The van der Waals surface area contributed by atoms with Crippen molar-refractivity contribution in [3.8, 4) is 5.75 Å². The molecule has 1 heterocycles. The van der Waals surface area contributed by atoms with Crippen LogP contribution in [0.25, 0.3) is 10.8 Å². The lowest BCUT2D eigenvalue weighted by molar-refractivity contribution is -0.119. The maximum Gasteiger partial charge on any atom is 0.342 e. The molecule has 2 amide bonds. The third-order valence-corrected chi connectivity index (χ3v) is 5.61. The summed E-state index contributed by atoms with van der Waals surface area (Å²) in [6, 6.07) is 17.3. The van der Waals surface area contributed by atoms with E-state index in [4.69, 9.17) is 14.0 Å². The molecule has 0 aliphatic carbocycles. The third kappa shape index (κ3) is 5.52. The average Bonchev–Trinajstić information content (AvgIpc) is 3.22. The van der Waals surface area contributed by atoms with Crippen LogP contribution < -0.4 is 15.4 Å². The number of hydrogen-bond donors (Lipinski definition) is 2. The number of rotatable bonds is 8. The van der Waals surface area contributed by atoms with E-state index in [-0.39, 0.29) is 18.1 Å². The highest BCUT2D eigenvalue weighted by Gasteiger charge is 2.19. The molecule has 0 spiro atoms. The van der Waals surface area contributed by atoms with E-state index in [2.05, 4.69) is 15.8 Å². The molecule has 0 saturated carbocycles. The molecular formula is C27H25N3O6. The van der Waals surface area contributed by atoms with Gasteiger partial charge in [0.15, 0.2) is 6.61 Å². The standard InChI is InChI=1S/C27H25N3O6/c1-16-23(17(2)36-30-16)14-34-24-13-20-7-5-4-6-19(20)12-22(24)27(33)35-15-25(31)29-21-10-8-18(9-11-21)26(32)28-3/h4-13H,14-15H2,1-3H3,(H,28,32)(H,29,31). The van der Waals surface area contributed by atoms with Crippen molar-refractivity contribution in [2.24, 2.45) is 0 Å². The number of aromatic nitrogens is 1. The van der Waals surface area contributed by atoms with Gasteiger partial charge in [0.25, 0.3) is 11.8 Å². The number of nitrogens with one attached hydrogen (secondary N) is 2. The molecule has 9 nitrogen and oxygen atoms in total. The maximum absolute atomic E-state index is 13.0. The molecule has 0 fully saturated rings. The van der Waals surface area contributed by atoms with Crippen LogP contribution in [0.4, 0.5) is 5.69 Å². The van der Waals surface area contributed by atoms with Crippen molar-refractivity contribution in [3.05, 3.63) is 88.8 Å². The molecule has 0 radical (unpaired) electrons. The van der Waals surface area contributed by atoms with Gasteiger partial charge in [0, 0.05) is 18.3 Å². The van der Waals surface area contributed by atoms with Gasteiger partial charge < -0.3 is 24.6 Å². The first-order valence-electron chi connectivity index (χ1n) is 11.2. The van der Waals surface area contributed by atoms with Gasteiger partial charge in [-0.25, -0.2) is 4.79 Å². The van der Waals surface area contributed by atoms with Crippen LogP contribution in [0.3, 0.4) is 0 Å². The van der Waals surface area contributed by atoms with E-state index in [1.54, 1.807) is 43.3 Å². The Kier molecular flexibility index (Phi) is 7.29. The molecule has 36 heavy (non-hydrogen) atoms. The summed E-state index contributed by atoms with van der Waals surface area (Å²) in [4.78, 5) is 37.0. The van der Waals surface area contributed by atoms with Crippen LogP contribution in [0.15, 0.2) is 65.2 Å². The fraction of sp³-hybridized carbons (Fsp3) is 0.185. The van der Waals surface area contributed by atoms with E-state index < -0.39 is 18.5 Å². The summed E-state index contributed by atoms with van der Waals surface area (Å²) in [5.41, 5.74) is 2.63. The Morgan fingerprint density at radius 3 is 2.31 bits per heavy atom. The maximum atomic E-state index is 13.0. The molecule has 184 valence electrons. The van der Waals surface area contributed by atoms with Crippen molar-refractivity contribution in [1.82, 2.24) is 10.5 Å². The Labute approximate surface area is 207 Å². The number of amides is 2. The van der Waals surface area contributed by atoms with E-state index in [1.807, 2.05) is 31.2 Å². The minimum absolute atomic E-state index is 0.159. The minimum Gasteiger partial charge on any atom is -0.488 e. The SMILES string of the molecule is CNC(=O)c1ccc(NC(=O)COC(=O)c2cc3ccccc3cc2OCc2c(C)noc2C)cc1. The molecule has 9 heteroatoms. The summed E-state index contributed by atoms with van der Waals surface area (Å²) in [7, 11) is 1.54. The molecule has 0 unspecified atom stereocenters. The Bertz CT molecular complexity index is 1410. The van der Waals surface area contributed by atoms with Crippen molar-refractivity contribution in [3.63, 3.8) is 0 Å². The highest BCUT2D eigenvalue weighted by atomic mass is 16.5. The fourth-order valence-electron chi connectivity index (χ4n) is 3.61. The molecule has 0 aliphatic heterocycles. The van der Waals surface area contributed by atoms with Crippen LogP contribution in [-0.2, 0) is 16.1 Å². The number of carbonyl (C=O) groups excluding carboxylic acids is 3. The normalized spacial score (nSPS) is 10.6. The highest BCUT2D eigenvalue weighted by molar-refractivity contribution is 6.00. The van der Waals surface area contributed by atoms with Gasteiger partial charge in [-0.15, -0.1) is 0 Å². The lowest BCUT2D eigenvalue weighted by atomic mass is 10.1. The monoisotopic (exact) mass is 487 g/mol. The first kappa shape index (κ1) is 24.5. The molecule has 0 saturated heterocycles. The Hall–Kier alpha value is -4.66. The molecule has 0 atom stereocenters. The summed E-state index contributed by atoms with van der Waals surface area (Å²) >= 11 is 0. The quantitative estimate of drug-likeness (QED) is 0.358. The second-order valence-corrected chi connectivity index (χ2v) is 8.07. The first-order valence-corrected chi connectivity index (χ1v) is 11.2. The predicted molar refractivity (Wildman–Crippen MR) is 133 cm³/mol. The number of anilines is 1. The zero-order valence-electron chi connectivity index (χ0n) is 20.1. The van der Waals surface area contributed by atoms with Crippen LogP contribution >= 0.6 is 0 Å². The molecule has 2 N–H and O–H groups in total. The van der Waals surface area contributed by atoms with Crippen LogP contribution in [0.5, 0.6) is 5.75 Å². The molecule has 4 aromatic rings. The zero-order chi connectivity index (χ0) is 25.7. The number of fused-ring (bicyclic) bond motifs is 1. The lowest BCUT2D eigenvalue weighted by Crippen LogP contribution is -2.21. The van der Waals surface area contributed by atoms with Crippen LogP contribution in [0.2, 0.25) is 0 Å². The van der Waals surface area contributed by atoms with Gasteiger partial charge in [0.1, 0.15) is 23.7 Å². The fourth-order valence-corrected chi connectivity index (χ4v) is 3.61. The van der Waals surface area contributed by atoms with Crippen molar-refractivity contribution in [1.29, 1.82) is 0 Å². The lowest BCUT2D eigenvalue weighted by Gasteiger charge is -2.13. The number of ether oxygens (including phenoxy) is 2. The number of nitrogens with zero attached hydrogens (tertiary/aromatic N) is 1. The molecule has 3 aromatic carbocycles. The molecule has 4 rings (SSSR count). The van der Waals surface area contributed by atoms with Crippen molar-refractivity contribution < 1.29 is 28.4 Å². The van der Waals surface area contributed by atoms with Gasteiger partial charge in [0.05, 0.1) is 11.3 Å². The van der Waals surface area contributed by atoms with E-state index in [0.717, 1.165) is 16.3 Å². The van der Waals surface area contributed by atoms with Gasteiger partial charge in [-0.2, -0.15) is 0 Å². The predicted octanol–water partition coefficient (Wildman–Crippen LogP) is 4.18. The van der Waals surface area contributed by atoms with Crippen LogP contribution in [0.1, 0.15) is 37.7 Å². The van der Waals surface area contributed by atoms with E-state index in [9.17, 15) is 14.4 Å². The summed E-state index contributed by atoms with van der Waals surface area (Å²) < 4.78 is 16.5. The van der Waals surface area contributed by atoms with Gasteiger partial charge in [-0.1, -0.05) is 29.4 Å². The second-order valence-electron chi connectivity index (χ2n) is 8.07. The van der Waals surface area contributed by atoms with E-state index in [1.165, 1.54) is 7.05 Å². The second kappa shape index (κ2) is 10.7. The smallest absolute Gasteiger partial charge is 0.342 e. The van der Waals surface area contributed by atoms with Gasteiger partial charge >= 0.3 is 5.97 Å². The molecule has 1 aromatic heterocycles. The molecular weight excluding hydrogens is 462 g/mol. The number of carbonyl (C=O) groups is 3. The Balaban J connectivity index is 1.46. The van der Waals surface area contributed by atoms with Crippen molar-refractivity contribution in [2.45, 2.75) is 20.5 Å². The number of benzene rings is 3. The third-order valence-electron chi connectivity index (χ3n) is 5.61. The highest BCUT2D eigenvalue weighted by Crippen LogP contribution is 2.28. The van der Waals surface area contributed by atoms with Gasteiger partial charge in [-0.3, -0.25) is 9.59 Å². The average molecular weight is 488 g/mol. The number of esters is 1. The van der Waals surface area contributed by atoms with E-state index in [0.29, 0.717) is 28.5 Å². The summed E-state index contributed by atoms with van der Waals surface area (Å²) in [5.74, 6) is -0.486. The Morgan fingerprint density at radius 2 is 1.67 bits per heavy atom. The summed E-state index contributed by atoms with van der Waals surface area (Å²) in [6.07, 6.45) is 0. The van der Waals surface area contributed by atoms with Crippen molar-refractivity contribution >= 4 is 34.2 Å². The summed E-state index contributed by atoms with van der Waals surface area (Å²) in [5, 5.41) is 10.8. The minimum atomic E-state index is -0.695. The number of hydrogen-bond acceptors (Lipinski definition) is 7. The zero-order valence-corrected chi connectivity index (χ0v) is 20.1. The number of aryl methyl sites for hydroxylation is 2. The molecule has 0 bridgehead atoms. The van der Waals surface area contributed by atoms with E-state index >= 15 is 0 Å². The topological polar surface area (TPSA) is 120 Å². The van der Waals surface area contributed by atoms with Crippen LogP contribution in [0, 0.1) is 13.8 Å². The van der Waals surface area contributed by atoms with Crippen molar-refractivity contribution in [2.75, 3.05) is 19.0 Å². The van der Waals surface area contributed by atoms with Gasteiger partial charge in [-0.05, 0) is 61.0 Å². The largest absolute Gasteiger partial charge is 0.488 e. The summed E-state index contributed by atoms with van der Waals surface area (Å²) in [6.45, 7) is 3.27. The van der Waals surface area contributed by atoms with Crippen LogP contribution in [-0.4, -0.2) is 36.6 Å². The Morgan fingerprint density at radius 1 is 0.972 bits per heavy atom. The molecule has 0 aliphatic rings. The first-order chi connectivity index (χ1) is 17.4. The van der Waals surface area contributed by atoms with Gasteiger partial charge in [0.2, 0.25) is 0 Å².